The molecule has 2 N–H and O–H groups in total. The van der Waals surface area contributed by atoms with Gasteiger partial charge in [-0.25, -0.2) is 0 Å². The Hall–Kier alpha value is -0.990. The van der Waals surface area contributed by atoms with Crippen molar-refractivity contribution in [1.29, 1.82) is 0 Å². The zero-order valence-electron chi connectivity index (χ0n) is 11.5. The summed E-state index contributed by atoms with van der Waals surface area (Å²) in [6, 6.07) is 0. The molecule has 0 saturated carbocycles. The fourth-order valence-corrected chi connectivity index (χ4v) is 1.78. The highest BCUT2D eigenvalue weighted by atomic mass is 15.3. The molecule has 92 valence electrons. The average Bonchev–Trinajstić information content (AvgIpc) is 2.41. The molecule has 1 unspecified atom stereocenters. The summed E-state index contributed by atoms with van der Waals surface area (Å²) in [5, 5.41) is 4.53. The highest BCUT2D eigenvalue weighted by Crippen LogP contribution is 2.30. The van der Waals surface area contributed by atoms with Crippen molar-refractivity contribution in [3.8, 4) is 0 Å². The maximum absolute atomic E-state index is 6.00. The van der Waals surface area contributed by atoms with Gasteiger partial charge in [0.25, 0.3) is 0 Å². The molecule has 0 aliphatic heterocycles. The molecule has 1 heterocycles. The lowest BCUT2D eigenvalue weighted by Gasteiger charge is -2.26. The largest absolute Gasteiger partial charge is 0.384 e. The minimum atomic E-state index is 0.317. The minimum Gasteiger partial charge on any atom is -0.384 e. The van der Waals surface area contributed by atoms with Crippen molar-refractivity contribution in [2.24, 2.45) is 18.4 Å². The number of hydrogen-bond donors (Lipinski definition) is 1. The third kappa shape index (κ3) is 2.57. The first-order valence-corrected chi connectivity index (χ1v) is 6.07. The van der Waals surface area contributed by atoms with Gasteiger partial charge in [-0.2, -0.15) is 5.10 Å². The second-order valence-electron chi connectivity index (χ2n) is 5.76. The Labute approximate surface area is 99.0 Å². The van der Waals surface area contributed by atoms with Gasteiger partial charge in [-0.1, -0.05) is 34.6 Å². The first kappa shape index (κ1) is 13.1. The Bertz CT molecular complexity index is 358. The Morgan fingerprint density at radius 1 is 1.38 bits per heavy atom. The Morgan fingerprint density at radius 3 is 2.38 bits per heavy atom. The molecule has 1 rings (SSSR count). The van der Waals surface area contributed by atoms with Gasteiger partial charge in [0, 0.05) is 12.6 Å². The number of hydrogen-bond acceptors (Lipinski definition) is 2. The molecule has 0 saturated heterocycles. The second kappa shape index (κ2) is 4.48. The molecular formula is C13H25N3. The van der Waals surface area contributed by atoms with Crippen LogP contribution in [0.15, 0.2) is 0 Å². The average molecular weight is 223 g/mol. The van der Waals surface area contributed by atoms with E-state index in [4.69, 9.17) is 5.73 Å². The van der Waals surface area contributed by atoms with Gasteiger partial charge in [-0.15, -0.1) is 0 Å². The van der Waals surface area contributed by atoms with E-state index in [2.05, 4.69) is 39.7 Å². The summed E-state index contributed by atoms with van der Waals surface area (Å²) in [5.41, 5.74) is 8.71. The zero-order chi connectivity index (χ0) is 12.5. The molecule has 3 nitrogen and oxygen atoms in total. The van der Waals surface area contributed by atoms with Gasteiger partial charge in [0.1, 0.15) is 5.82 Å². The highest BCUT2D eigenvalue weighted by molar-refractivity contribution is 5.43. The predicted octanol–water partition coefficient (Wildman–Crippen LogP) is 2.79. The Morgan fingerprint density at radius 2 is 1.94 bits per heavy atom. The van der Waals surface area contributed by atoms with Crippen LogP contribution in [0, 0.1) is 11.3 Å². The number of aromatic nitrogens is 2. The number of aryl methyl sites for hydroxylation is 1. The first-order valence-electron chi connectivity index (χ1n) is 6.07. The van der Waals surface area contributed by atoms with Gasteiger partial charge in [0.2, 0.25) is 0 Å². The topological polar surface area (TPSA) is 43.8 Å². The number of nitrogens with zero attached hydrogens (tertiary/aromatic N) is 2. The molecule has 0 aromatic carbocycles. The van der Waals surface area contributed by atoms with E-state index in [0.29, 0.717) is 11.3 Å². The van der Waals surface area contributed by atoms with E-state index in [-0.39, 0.29) is 0 Å². The van der Waals surface area contributed by atoms with Crippen LogP contribution in [0.2, 0.25) is 0 Å². The quantitative estimate of drug-likeness (QED) is 0.856. The van der Waals surface area contributed by atoms with Crippen molar-refractivity contribution >= 4 is 5.82 Å². The summed E-state index contributed by atoms with van der Waals surface area (Å²) in [6.45, 7) is 11.2. The minimum absolute atomic E-state index is 0.317. The summed E-state index contributed by atoms with van der Waals surface area (Å²) >= 11 is 0. The van der Waals surface area contributed by atoms with Gasteiger partial charge < -0.3 is 5.73 Å². The highest BCUT2D eigenvalue weighted by Gasteiger charge is 2.23. The van der Waals surface area contributed by atoms with Crippen LogP contribution in [-0.4, -0.2) is 9.78 Å². The molecule has 0 aliphatic rings. The molecule has 1 atom stereocenters. The van der Waals surface area contributed by atoms with E-state index >= 15 is 0 Å². The van der Waals surface area contributed by atoms with Crippen LogP contribution >= 0.6 is 0 Å². The fraction of sp³-hybridized carbons (Fsp3) is 0.769. The van der Waals surface area contributed by atoms with Gasteiger partial charge >= 0.3 is 0 Å². The standard InChI is InChI=1S/C13H25N3/c1-7-10-11(15-16(6)12(10)14)8-9(2)13(3,4)5/h9H,7-8,14H2,1-6H3. The molecule has 1 aromatic heterocycles. The van der Waals surface area contributed by atoms with E-state index in [9.17, 15) is 0 Å². The van der Waals surface area contributed by atoms with Crippen molar-refractivity contribution in [3.63, 3.8) is 0 Å². The van der Waals surface area contributed by atoms with Crippen LogP contribution in [-0.2, 0) is 19.9 Å². The molecule has 1 aromatic rings. The number of nitrogen functional groups attached to an aromatic ring is 1. The SMILES string of the molecule is CCc1c(CC(C)C(C)(C)C)nn(C)c1N. The Kier molecular flexibility index (Phi) is 3.66. The monoisotopic (exact) mass is 223 g/mol. The van der Waals surface area contributed by atoms with E-state index in [1.165, 1.54) is 11.3 Å². The van der Waals surface area contributed by atoms with Crippen molar-refractivity contribution in [2.45, 2.75) is 47.5 Å². The van der Waals surface area contributed by atoms with Gasteiger partial charge in [-0.3, -0.25) is 4.68 Å². The van der Waals surface area contributed by atoms with E-state index in [1.54, 1.807) is 4.68 Å². The van der Waals surface area contributed by atoms with Crippen LogP contribution in [0.3, 0.4) is 0 Å². The normalized spacial score (nSPS) is 14.1. The lowest BCUT2D eigenvalue weighted by Crippen LogP contribution is -2.20. The third-order valence-electron chi connectivity index (χ3n) is 3.61. The van der Waals surface area contributed by atoms with Crippen molar-refractivity contribution < 1.29 is 0 Å². The zero-order valence-corrected chi connectivity index (χ0v) is 11.5. The van der Waals surface area contributed by atoms with E-state index < -0.39 is 0 Å². The molecule has 0 aliphatic carbocycles. The van der Waals surface area contributed by atoms with Crippen molar-refractivity contribution in [2.75, 3.05) is 5.73 Å². The van der Waals surface area contributed by atoms with Gasteiger partial charge in [0.05, 0.1) is 5.69 Å². The van der Waals surface area contributed by atoms with Crippen LogP contribution in [0.1, 0.15) is 45.9 Å². The summed E-state index contributed by atoms with van der Waals surface area (Å²) in [5.74, 6) is 1.42. The molecule has 3 heteroatoms. The summed E-state index contributed by atoms with van der Waals surface area (Å²) < 4.78 is 1.80. The summed E-state index contributed by atoms with van der Waals surface area (Å²) in [6.07, 6.45) is 1.98. The maximum atomic E-state index is 6.00. The lowest BCUT2D eigenvalue weighted by atomic mass is 9.79. The number of nitrogens with two attached hydrogens (primary N) is 1. The molecule has 0 amide bonds. The van der Waals surface area contributed by atoms with E-state index in [1.807, 2.05) is 7.05 Å². The third-order valence-corrected chi connectivity index (χ3v) is 3.61. The van der Waals surface area contributed by atoms with Crippen molar-refractivity contribution in [1.82, 2.24) is 9.78 Å². The predicted molar refractivity (Wildman–Crippen MR) is 69.3 cm³/mol. The molecule has 16 heavy (non-hydrogen) atoms. The number of anilines is 1. The van der Waals surface area contributed by atoms with Gasteiger partial charge in [0.15, 0.2) is 0 Å². The summed E-state index contributed by atoms with van der Waals surface area (Å²) in [7, 11) is 1.92. The smallest absolute Gasteiger partial charge is 0.124 e. The van der Waals surface area contributed by atoms with Crippen LogP contribution < -0.4 is 5.73 Å². The van der Waals surface area contributed by atoms with Crippen LogP contribution in [0.4, 0.5) is 5.82 Å². The van der Waals surface area contributed by atoms with Gasteiger partial charge in [-0.05, 0) is 24.2 Å². The van der Waals surface area contributed by atoms with Crippen molar-refractivity contribution in [3.05, 3.63) is 11.3 Å². The van der Waals surface area contributed by atoms with Crippen LogP contribution in [0.5, 0.6) is 0 Å². The molecule has 0 bridgehead atoms. The number of rotatable bonds is 3. The molecular weight excluding hydrogens is 198 g/mol. The second-order valence-corrected chi connectivity index (χ2v) is 5.76. The Balaban J connectivity index is 2.93. The molecule has 0 spiro atoms. The molecule has 0 radical (unpaired) electrons. The molecule has 0 fully saturated rings. The van der Waals surface area contributed by atoms with Crippen LogP contribution in [0.25, 0.3) is 0 Å². The maximum Gasteiger partial charge on any atom is 0.124 e. The lowest BCUT2D eigenvalue weighted by molar-refractivity contribution is 0.258. The summed E-state index contributed by atoms with van der Waals surface area (Å²) in [4.78, 5) is 0. The fourth-order valence-electron chi connectivity index (χ4n) is 1.78. The van der Waals surface area contributed by atoms with E-state index in [0.717, 1.165) is 18.7 Å². The first-order chi connectivity index (χ1) is 7.27.